The normalized spacial score (nSPS) is 19.0. The standard InChI is InChI=1S/C18H17BrN2O2/c1-11-9-16(11)18(23)21-15-4-2-3-12(10-15)17(22)20-14-7-5-13(19)6-8-14/h2-8,10-11,16H,9H2,1H3,(H,20,22)(H,21,23). The zero-order valence-corrected chi connectivity index (χ0v) is 14.3. The second-order valence-electron chi connectivity index (χ2n) is 5.85. The molecule has 3 rings (SSSR count). The molecule has 2 aromatic carbocycles. The van der Waals surface area contributed by atoms with Crippen LogP contribution in [0.15, 0.2) is 53.0 Å². The molecule has 2 aromatic rings. The maximum Gasteiger partial charge on any atom is 0.255 e. The third-order valence-corrected chi connectivity index (χ3v) is 4.47. The second-order valence-corrected chi connectivity index (χ2v) is 6.77. The van der Waals surface area contributed by atoms with Crippen LogP contribution in [-0.4, -0.2) is 11.8 Å². The van der Waals surface area contributed by atoms with Crippen molar-refractivity contribution in [3.63, 3.8) is 0 Å². The van der Waals surface area contributed by atoms with Gasteiger partial charge in [0.25, 0.3) is 5.91 Å². The molecule has 1 fully saturated rings. The zero-order valence-electron chi connectivity index (χ0n) is 12.7. The minimum atomic E-state index is -0.205. The summed E-state index contributed by atoms with van der Waals surface area (Å²) in [6.07, 6.45) is 0.940. The third-order valence-electron chi connectivity index (χ3n) is 3.94. The summed E-state index contributed by atoms with van der Waals surface area (Å²) >= 11 is 3.36. The molecular weight excluding hydrogens is 356 g/mol. The molecule has 23 heavy (non-hydrogen) atoms. The molecule has 4 nitrogen and oxygen atoms in total. The van der Waals surface area contributed by atoms with Gasteiger partial charge in [-0.05, 0) is 54.8 Å². The summed E-state index contributed by atoms with van der Waals surface area (Å²) in [6, 6.07) is 14.4. The molecule has 0 aromatic heterocycles. The predicted octanol–water partition coefficient (Wildman–Crippen LogP) is 4.30. The summed E-state index contributed by atoms with van der Waals surface area (Å²) in [5.41, 5.74) is 1.88. The smallest absolute Gasteiger partial charge is 0.255 e. The van der Waals surface area contributed by atoms with Gasteiger partial charge in [0.15, 0.2) is 0 Å². The van der Waals surface area contributed by atoms with Gasteiger partial charge in [0, 0.05) is 27.3 Å². The van der Waals surface area contributed by atoms with Crippen LogP contribution < -0.4 is 10.6 Å². The summed E-state index contributed by atoms with van der Waals surface area (Å²) in [6.45, 7) is 2.06. The van der Waals surface area contributed by atoms with Crippen LogP contribution >= 0.6 is 15.9 Å². The minimum Gasteiger partial charge on any atom is -0.326 e. The monoisotopic (exact) mass is 372 g/mol. The number of benzene rings is 2. The molecule has 118 valence electrons. The minimum absolute atomic E-state index is 0.0305. The highest BCUT2D eigenvalue weighted by Gasteiger charge is 2.39. The Hall–Kier alpha value is -2.14. The van der Waals surface area contributed by atoms with E-state index in [-0.39, 0.29) is 17.7 Å². The molecule has 1 aliphatic rings. The first-order chi connectivity index (χ1) is 11.0. The molecule has 2 amide bonds. The van der Waals surface area contributed by atoms with Crippen molar-refractivity contribution in [2.75, 3.05) is 10.6 Å². The van der Waals surface area contributed by atoms with Crippen molar-refractivity contribution >= 4 is 39.1 Å². The Morgan fingerprint density at radius 2 is 1.74 bits per heavy atom. The quantitative estimate of drug-likeness (QED) is 0.840. The molecule has 0 spiro atoms. The Labute approximate surface area is 143 Å². The molecule has 2 unspecified atom stereocenters. The maximum atomic E-state index is 12.3. The fraction of sp³-hybridized carbons (Fsp3) is 0.222. The zero-order chi connectivity index (χ0) is 16.4. The number of carbonyl (C=O) groups excluding carboxylic acids is 2. The number of rotatable bonds is 4. The van der Waals surface area contributed by atoms with Crippen molar-refractivity contribution in [3.05, 3.63) is 58.6 Å². The largest absolute Gasteiger partial charge is 0.326 e. The first-order valence-electron chi connectivity index (χ1n) is 7.51. The Kier molecular flexibility index (Phi) is 4.48. The highest BCUT2D eigenvalue weighted by atomic mass is 79.9. The van der Waals surface area contributed by atoms with Gasteiger partial charge in [-0.1, -0.05) is 28.9 Å². The van der Waals surface area contributed by atoms with Crippen LogP contribution in [0.2, 0.25) is 0 Å². The average Bonchev–Trinajstić information content (AvgIpc) is 3.27. The van der Waals surface area contributed by atoms with Gasteiger partial charge in [-0.2, -0.15) is 0 Å². The van der Waals surface area contributed by atoms with Crippen LogP contribution in [0.5, 0.6) is 0 Å². The third kappa shape index (κ3) is 3.99. The lowest BCUT2D eigenvalue weighted by Crippen LogP contribution is -2.16. The number of carbonyl (C=O) groups is 2. The fourth-order valence-electron chi connectivity index (χ4n) is 2.40. The molecule has 0 bridgehead atoms. The lowest BCUT2D eigenvalue weighted by molar-refractivity contribution is -0.117. The van der Waals surface area contributed by atoms with Crippen molar-refractivity contribution in [2.24, 2.45) is 11.8 Å². The number of nitrogens with one attached hydrogen (secondary N) is 2. The van der Waals surface area contributed by atoms with Gasteiger partial charge in [0.2, 0.25) is 5.91 Å². The number of anilines is 2. The van der Waals surface area contributed by atoms with Gasteiger partial charge in [-0.25, -0.2) is 0 Å². The van der Waals surface area contributed by atoms with Crippen molar-refractivity contribution < 1.29 is 9.59 Å². The lowest BCUT2D eigenvalue weighted by Gasteiger charge is -2.08. The van der Waals surface area contributed by atoms with E-state index in [0.29, 0.717) is 17.2 Å². The van der Waals surface area contributed by atoms with E-state index < -0.39 is 0 Å². The summed E-state index contributed by atoms with van der Waals surface area (Å²) in [4.78, 5) is 24.3. The first-order valence-corrected chi connectivity index (χ1v) is 8.30. The molecule has 1 saturated carbocycles. The molecule has 0 saturated heterocycles. The fourth-order valence-corrected chi connectivity index (χ4v) is 2.66. The summed E-state index contributed by atoms with van der Waals surface area (Å²) in [5.74, 6) is 0.389. The molecule has 0 radical (unpaired) electrons. The van der Waals surface area contributed by atoms with Gasteiger partial charge < -0.3 is 10.6 Å². The van der Waals surface area contributed by atoms with E-state index in [1.807, 2.05) is 24.3 Å². The summed E-state index contributed by atoms with van der Waals surface area (Å²) in [7, 11) is 0. The molecular formula is C18H17BrN2O2. The number of hydrogen-bond acceptors (Lipinski definition) is 2. The van der Waals surface area contributed by atoms with Gasteiger partial charge in [-0.3, -0.25) is 9.59 Å². The first kappa shape index (κ1) is 15.7. The van der Waals surface area contributed by atoms with Crippen molar-refractivity contribution in [1.82, 2.24) is 0 Å². The Morgan fingerprint density at radius 1 is 1.04 bits per heavy atom. The predicted molar refractivity (Wildman–Crippen MR) is 94.4 cm³/mol. The highest BCUT2D eigenvalue weighted by molar-refractivity contribution is 9.10. The van der Waals surface area contributed by atoms with Gasteiger partial charge in [0.05, 0.1) is 0 Å². The van der Waals surface area contributed by atoms with E-state index in [4.69, 9.17) is 0 Å². The van der Waals surface area contributed by atoms with Crippen LogP contribution in [0.4, 0.5) is 11.4 Å². The molecule has 5 heteroatoms. The van der Waals surface area contributed by atoms with Crippen LogP contribution in [0.25, 0.3) is 0 Å². The van der Waals surface area contributed by atoms with E-state index >= 15 is 0 Å². The Morgan fingerprint density at radius 3 is 2.39 bits per heavy atom. The lowest BCUT2D eigenvalue weighted by atomic mass is 10.1. The van der Waals surface area contributed by atoms with E-state index in [9.17, 15) is 9.59 Å². The Bertz CT molecular complexity index is 743. The van der Waals surface area contributed by atoms with E-state index in [0.717, 1.165) is 16.6 Å². The highest BCUT2D eigenvalue weighted by Crippen LogP contribution is 2.38. The van der Waals surface area contributed by atoms with Crippen molar-refractivity contribution in [2.45, 2.75) is 13.3 Å². The number of amides is 2. The van der Waals surface area contributed by atoms with Crippen LogP contribution in [0.3, 0.4) is 0 Å². The van der Waals surface area contributed by atoms with Crippen LogP contribution in [-0.2, 0) is 4.79 Å². The van der Waals surface area contributed by atoms with E-state index in [1.165, 1.54) is 0 Å². The Balaban J connectivity index is 1.67. The topological polar surface area (TPSA) is 58.2 Å². The average molecular weight is 373 g/mol. The number of halogens is 1. The van der Waals surface area contributed by atoms with Crippen molar-refractivity contribution in [1.29, 1.82) is 0 Å². The number of hydrogen-bond donors (Lipinski definition) is 2. The van der Waals surface area contributed by atoms with Gasteiger partial charge in [0.1, 0.15) is 0 Å². The molecule has 1 aliphatic carbocycles. The molecule has 0 aliphatic heterocycles. The van der Waals surface area contributed by atoms with Crippen LogP contribution in [0.1, 0.15) is 23.7 Å². The van der Waals surface area contributed by atoms with Crippen molar-refractivity contribution in [3.8, 4) is 0 Å². The molecule has 2 atom stereocenters. The van der Waals surface area contributed by atoms with E-state index in [2.05, 4.69) is 33.5 Å². The second kappa shape index (κ2) is 6.54. The van der Waals surface area contributed by atoms with E-state index in [1.54, 1.807) is 24.3 Å². The molecule has 2 N–H and O–H groups in total. The SMILES string of the molecule is CC1CC1C(=O)Nc1cccc(C(=O)Nc2ccc(Br)cc2)c1. The molecule has 0 heterocycles. The summed E-state index contributed by atoms with van der Waals surface area (Å²) in [5, 5.41) is 5.71. The van der Waals surface area contributed by atoms with Gasteiger partial charge in [-0.15, -0.1) is 0 Å². The maximum absolute atomic E-state index is 12.3. The van der Waals surface area contributed by atoms with Crippen LogP contribution in [0, 0.1) is 11.8 Å². The van der Waals surface area contributed by atoms with Gasteiger partial charge >= 0.3 is 0 Å². The summed E-state index contributed by atoms with van der Waals surface area (Å²) < 4.78 is 0.953.